The predicted octanol–water partition coefficient (Wildman–Crippen LogP) is 4.49. The Morgan fingerprint density at radius 1 is 1.16 bits per heavy atom. The van der Waals surface area contributed by atoms with E-state index in [9.17, 15) is 9.18 Å². The third-order valence-electron chi connectivity index (χ3n) is 4.64. The number of halogens is 2. The lowest BCUT2D eigenvalue weighted by Gasteiger charge is -2.23. The number of ether oxygens (including phenoxy) is 3. The number of benzene rings is 2. The summed E-state index contributed by atoms with van der Waals surface area (Å²) in [7, 11) is 2.99. The largest absolute Gasteiger partial charge is 0.495 e. The zero-order valence-electron chi connectivity index (χ0n) is 17.3. The topological polar surface area (TPSA) is 107 Å². The summed E-state index contributed by atoms with van der Waals surface area (Å²) in [5, 5.41) is 8.93. The van der Waals surface area contributed by atoms with Crippen LogP contribution >= 0.6 is 11.6 Å². The maximum atomic E-state index is 14.4. The predicted molar refractivity (Wildman–Crippen MR) is 118 cm³/mol. The average molecular weight is 460 g/mol. The van der Waals surface area contributed by atoms with E-state index in [1.807, 2.05) is 0 Å². The molecule has 166 valence electrons. The zero-order chi connectivity index (χ0) is 22.8. The van der Waals surface area contributed by atoms with Crippen LogP contribution in [-0.2, 0) is 4.79 Å². The summed E-state index contributed by atoms with van der Waals surface area (Å²) in [4.78, 5) is 20.0. The first-order chi connectivity index (χ1) is 15.4. The molecule has 2 aromatic carbocycles. The molecule has 4 rings (SSSR count). The molecule has 3 N–H and O–H groups in total. The number of fused-ring (bicyclic) bond motifs is 1. The Balaban J connectivity index is 1.59. The van der Waals surface area contributed by atoms with Gasteiger partial charge in [-0.25, -0.2) is 9.37 Å². The summed E-state index contributed by atoms with van der Waals surface area (Å²) in [6.07, 6.45) is 0.443. The molecule has 0 saturated heterocycles. The van der Waals surface area contributed by atoms with Crippen LogP contribution in [0.2, 0.25) is 5.02 Å². The van der Waals surface area contributed by atoms with E-state index < -0.39 is 11.9 Å². The molecule has 0 bridgehead atoms. The van der Waals surface area contributed by atoms with E-state index in [-0.39, 0.29) is 17.7 Å². The fourth-order valence-electron chi connectivity index (χ4n) is 3.02. The highest BCUT2D eigenvalue weighted by Gasteiger charge is 2.23. The quantitative estimate of drug-likeness (QED) is 0.495. The second-order valence-electron chi connectivity index (χ2n) is 6.79. The van der Waals surface area contributed by atoms with Crippen LogP contribution in [-0.4, -0.2) is 36.2 Å². The number of hydrogen-bond donors (Lipinski definition) is 3. The molecule has 0 unspecified atom stereocenters. The van der Waals surface area contributed by atoms with Gasteiger partial charge in [-0.3, -0.25) is 4.79 Å². The summed E-state index contributed by atoms with van der Waals surface area (Å²) in [5.74, 6) is 0.511. The third-order valence-corrected chi connectivity index (χ3v) is 4.93. The van der Waals surface area contributed by atoms with Crippen LogP contribution in [0.5, 0.6) is 17.2 Å². The normalized spacial score (nSPS) is 14.7. The number of amides is 1. The van der Waals surface area contributed by atoms with E-state index in [0.717, 1.165) is 6.20 Å². The maximum Gasteiger partial charge on any atom is 0.265 e. The van der Waals surface area contributed by atoms with E-state index in [2.05, 4.69) is 25.9 Å². The van der Waals surface area contributed by atoms with E-state index in [1.54, 1.807) is 37.3 Å². The lowest BCUT2D eigenvalue weighted by atomic mass is 10.2. The number of anilines is 5. The zero-order valence-corrected chi connectivity index (χ0v) is 18.1. The van der Waals surface area contributed by atoms with Crippen molar-refractivity contribution in [2.75, 3.05) is 30.2 Å². The highest BCUT2D eigenvalue weighted by atomic mass is 35.5. The van der Waals surface area contributed by atoms with E-state index in [0.29, 0.717) is 39.3 Å². The van der Waals surface area contributed by atoms with Crippen LogP contribution < -0.4 is 30.2 Å². The van der Waals surface area contributed by atoms with Gasteiger partial charge in [-0.15, -0.1) is 0 Å². The molecule has 1 aliphatic heterocycles. The second-order valence-corrected chi connectivity index (χ2v) is 7.19. The monoisotopic (exact) mass is 459 g/mol. The first-order valence-electron chi connectivity index (χ1n) is 9.47. The SMILES string of the molecule is COc1cc(OC)c(Nc2ncc(F)c(Nc3ccc4c(c3)NC(=O)[C@H](C)O4)n2)cc1Cl. The number of carbonyl (C=O) groups is 1. The number of nitrogens with one attached hydrogen (secondary N) is 3. The molecule has 0 radical (unpaired) electrons. The molecule has 0 fully saturated rings. The van der Waals surface area contributed by atoms with Crippen molar-refractivity contribution in [3.05, 3.63) is 47.4 Å². The van der Waals surface area contributed by atoms with Crippen LogP contribution in [0.25, 0.3) is 0 Å². The van der Waals surface area contributed by atoms with Gasteiger partial charge in [0.2, 0.25) is 5.95 Å². The fourth-order valence-corrected chi connectivity index (χ4v) is 3.26. The first kappa shape index (κ1) is 21.4. The van der Waals surface area contributed by atoms with Crippen molar-refractivity contribution in [1.82, 2.24) is 9.97 Å². The number of nitrogens with zero attached hydrogens (tertiary/aromatic N) is 2. The Morgan fingerprint density at radius 3 is 2.69 bits per heavy atom. The molecule has 11 heteroatoms. The van der Waals surface area contributed by atoms with Gasteiger partial charge in [0.05, 0.1) is 36.8 Å². The minimum absolute atomic E-state index is 0.0718. The van der Waals surface area contributed by atoms with Gasteiger partial charge >= 0.3 is 0 Å². The van der Waals surface area contributed by atoms with Gasteiger partial charge in [-0.05, 0) is 31.2 Å². The van der Waals surface area contributed by atoms with Gasteiger partial charge in [0, 0.05) is 11.8 Å². The molecule has 9 nitrogen and oxygen atoms in total. The lowest BCUT2D eigenvalue weighted by Crippen LogP contribution is -2.34. The molecular weight excluding hydrogens is 441 g/mol. The van der Waals surface area contributed by atoms with Crippen molar-refractivity contribution in [2.45, 2.75) is 13.0 Å². The Labute approximate surface area is 187 Å². The summed E-state index contributed by atoms with van der Waals surface area (Å²) in [6.45, 7) is 1.65. The molecule has 0 spiro atoms. The second kappa shape index (κ2) is 8.75. The molecule has 0 aliphatic carbocycles. The first-order valence-corrected chi connectivity index (χ1v) is 9.85. The van der Waals surface area contributed by atoms with Crippen LogP contribution in [0.1, 0.15) is 6.92 Å². The molecular formula is C21H19ClFN5O4. The number of hydrogen-bond acceptors (Lipinski definition) is 8. The third kappa shape index (κ3) is 4.30. The molecule has 1 aromatic heterocycles. The van der Waals surface area contributed by atoms with Crippen molar-refractivity contribution in [3.8, 4) is 17.2 Å². The number of methoxy groups -OCH3 is 2. The van der Waals surface area contributed by atoms with Crippen molar-refractivity contribution in [1.29, 1.82) is 0 Å². The molecule has 1 amide bonds. The number of rotatable bonds is 6. The summed E-state index contributed by atoms with van der Waals surface area (Å²) < 4.78 is 30.4. The van der Waals surface area contributed by atoms with Gasteiger partial charge in [0.1, 0.15) is 17.2 Å². The molecule has 2 heterocycles. The highest BCUT2D eigenvalue weighted by Crippen LogP contribution is 2.37. The van der Waals surface area contributed by atoms with Crippen LogP contribution in [0, 0.1) is 5.82 Å². The number of carbonyl (C=O) groups excluding carboxylic acids is 1. The Morgan fingerprint density at radius 2 is 1.94 bits per heavy atom. The Hall–Kier alpha value is -3.79. The maximum absolute atomic E-state index is 14.4. The highest BCUT2D eigenvalue weighted by molar-refractivity contribution is 6.32. The van der Waals surface area contributed by atoms with Crippen molar-refractivity contribution >= 4 is 46.3 Å². The van der Waals surface area contributed by atoms with Crippen molar-refractivity contribution < 1.29 is 23.4 Å². The minimum atomic E-state index is -0.665. The minimum Gasteiger partial charge on any atom is -0.495 e. The summed E-state index contributed by atoms with van der Waals surface area (Å²) in [6, 6.07) is 8.18. The summed E-state index contributed by atoms with van der Waals surface area (Å²) >= 11 is 6.19. The van der Waals surface area contributed by atoms with E-state index in [4.69, 9.17) is 25.8 Å². The van der Waals surface area contributed by atoms with Crippen LogP contribution in [0.3, 0.4) is 0 Å². The molecule has 1 atom stereocenters. The van der Waals surface area contributed by atoms with Crippen molar-refractivity contribution in [3.63, 3.8) is 0 Å². The summed E-state index contributed by atoms with van der Waals surface area (Å²) in [5.41, 5.74) is 1.44. The standard InChI is InChI=1S/C21H19ClFN5O4/c1-10-20(29)26-14-6-11(4-5-16(14)32-10)25-19-13(23)9-24-21(28-19)27-15-7-12(22)17(30-2)8-18(15)31-3/h4-10H,1-3H3,(H,26,29)(H2,24,25,27,28)/t10-/m0/s1. The molecule has 0 saturated carbocycles. The Bertz CT molecular complexity index is 1190. The van der Waals surface area contributed by atoms with Crippen molar-refractivity contribution in [2.24, 2.45) is 0 Å². The van der Waals surface area contributed by atoms with Crippen LogP contribution in [0.15, 0.2) is 36.5 Å². The van der Waals surface area contributed by atoms with Gasteiger partial charge in [-0.1, -0.05) is 11.6 Å². The number of aromatic nitrogens is 2. The molecule has 3 aromatic rings. The Kier molecular flexibility index (Phi) is 5.87. The van der Waals surface area contributed by atoms with Gasteiger partial charge in [0.25, 0.3) is 5.91 Å². The van der Waals surface area contributed by atoms with Gasteiger partial charge in [0.15, 0.2) is 17.7 Å². The average Bonchev–Trinajstić information content (AvgIpc) is 2.77. The smallest absolute Gasteiger partial charge is 0.265 e. The van der Waals surface area contributed by atoms with E-state index in [1.165, 1.54) is 14.2 Å². The molecule has 1 aliphatic rings. The van der Waals surface area contributed by atoms with Gasteiger partial charge < -0.3 is 30.2 Å². The van der Waals surface area contributed by atoms with Gasteiger partial charge in [-0.2, -0.15) is 4.98 Å². The fraction of sp³-hybridized carbons (Fsp3) is 0.190. The molecule has 32 heavy (non-hydrogen) atoms. The van der Waals surface area contributed by atoms with E-state index >= 15 is 0 Å². The van der Waals surface area contributed by atoms with Crippen LogP contribution in [0.4, 0.5) is 33.2 Å². The lowest BCUT2D eigenvalue weighted by molar-refractivity contribution is -0.122.